The minimum absolute atomic E-state index is 0.00375. The quantitative estimate of drug-likeness (QED) is 0.909. The summed E-state index contributed by atoms with van der Waals surface area (Å²) in [6, 6.07) is 0. The lowest BCUT2D eigenvalue weighted by Crippen LogP contribution is -2.24. The summed E-state index contributed by atoms with van der Waals surface area (Å²) in [5.41, 5.74) is 7.52. The minimum Gasteiger partial charge on any atom is -0.397 e. The zero-order valence-electron chi connectivity index (χ0n) is 10.3. The van der Waals surface area contributed by atoms with Crippen LogP contribution in [0.4, 0.5) is 5.69 Å². The van der Waals surface area contributed by atoms with Crippen LogP contribution in [0.1, 0.15) is 32.8 Å². The summed E-state index contributed by atoms with van der Waals surface area (Å²) >= 11 is 3.29. The first-order chi connectivity index (χ1) is 7.22. The van der Waals surface area contributed by atoms with Gasteiger partial charge in [0.2, 0.25) is 0 Å². The van der Waals surface area contributed by atoms with E-state index in [-0.39, 0.29) is 11.0 Å². The van der Waals surface area contributed by atoms with Crippen LogP contribution >= 0.6 is 15.9 Å². The van der Waals surface area contributed by atoms with Gasteiger partial charge in [-0.25, -0.2) is 0 Å². The molecule has 16 heavy (non-hydrogen) atoms. The highest BCUT2D eigenvalue weighted by atomic mass is 79.9. The van der Waals surface area contributed by atoms with Crippen LogP contribution in [0, 0.1) is 12.3 Å². The molecule has 1 heterocycles. The van der Waals surface area contributed by atoms with Gasteiger partial charge in [-0.1, -0.05) is 20.8 Å². The maximum Gasteiger partial charge on any atom is 0.265 e. The SMILES string of the molecule is Cc1c(N)cn(CCC(C)(C)C)c(=O)c1Br. The average molecular weight is 287 g/mol. The molecule has 0 fully saturated rings. The van der Waals surface area contributed by atoms with E-state index in [4.69, 9.17) is 5.73 Å². The second-order valence-electron chi connectivity index (χ2n) is 5.33. The molecule has 90 valence electrons. The van der Waals surface area contributed by atoms with Crippen molar-refractivity contribution in [3.05, 3.63) is 26.6 Å². The maximum atomic E-state index is 11.9. The highest BCUT2D eigenvalue weighted by Crippen LogP contribution is 2.21. The third-order valence-electron chi connectivity index (χ3n) is 2.61. The van der Waals surface area contributed by atoms with Gasteiger partial charge in [-0.2, -0.15) is 0 Å². The zero-order chi connectivity index (χ0) is 12.5. The second-order valence-corrected chi connectivity index (χ2v) is 6.13. The van der Waals surface area contributed by atoms with Crippen molar-refractivity contribution in [2.45, 2.75) is 40.7 Å². The minimum atomic E-state index is -0.00375. The van der Waals surface area contributed by atoms with Crippen LogP contribution < -0.4 is 11.3 Å². The first-order valence-electron chi connectivity index (χ1n) is 5.37. The van der Waals surface area contributed by atoms with Crippen LogP contribution in [0.15, 0.2) is 15.5 Å². The number of hydrogen-bond donors (Lipinski definition) is 1. The molecule has 0 bridgehead atoms. The van der Waals surface area contributed by atoms with Crippen molar-refractivity contribution in [2.75, 3.05) is 5.73 Å². The van der Waals surface area contributed by atoms with Gasteiger partial charge < -0.3 is 10.3 Å². The summed E-state index contributed by atoms with van der Waals surface area (Å²) in [5, 5.41) is 0. The van der Waals surface area contributed by atoms with Crippen molar-refractivity contribution in [1.82, 2.24) is 4.57 Å². The number of pyridine rings is 1. The summed E-state index contributed by atoms with van der Waals surface area (Å²) in [6.07, 6.45) is 2.68. The molecule has 0 saturated carbocycles. The van der Waals surface area contributed by atoms with Crippen molar-refractivity contribution in [3.63, 3.8) is 0 Å². The number of nitrogens with zero attached hydrogens (tertiary/aromatic N) is 1. The molecule has 4 heteroatoms. The van der Waals surface area contributed by atoms with E-state index in [1.807, 2.05) is 6.92 Å². The topological polar surface area (TPSA) is 48.0 Å². The molecule has 1 rings (SSSR count). The van der Waals surface area contributed by atoms with Gasteiger partial charge in [0.1, 0.15) is 0 Å². The highest BCUT2D eigenvalue weighted by molar-refractivity contribution is 9.10. The molecule has 1 aromatic heterocycles. The number of aromatic nitrogens is 1. The lowest BCUT2D eigenvalue weighted by molar-refractivity contribution is 0.347. The molecule has 1 aromatic rings. The van der Waals surface area contributed by atoms with E-state index in [0.717, 1.165) is 12.0 Å². The Morgan fingerprint density at radius 3 is 2.50 bits per heavy atom. The second kappa shape index (κ2) is 4.62. The van der Waals surface area contributed by atoms with Gasteiger partial charge in [0.25, 0.3) is 5.56 Å². The first kappa shape index (κ1) is 13.3. The number of aryl methyl sites for hydroxylation is 1. The van der Waals surface area contributed by atoms with Crippen molar-refractivity contribution >= 4 is 21.6 Å². The summed E-state index contributed by atoms with van der Waals surface area (Å²) in [5.74, 6) is 0. The van der Waals surface area contributed by atoms with Crippen molar-refractivity contribution < 1.29 is 0 Å². The predicted octanol–water partition coefficient (Wildman–Crippen LogP) is 2.94. The molecule has 0 aliphatic rings. The third kappa shape index (κ3) is 3.11. The number of anilines is 1. The number of nitrogen functional groups attached to an aromatic ring is 1. The molecule has 0 atom stereocenters. The van der Waals surface area contributed by atoms with Crippen molar-refractivity contribution in [2.24, 2.45) is 5.41 Å². The molecule has 3 nitrogen and oxygen atoms in total. The Hall–Kier alpha value is -0.770. The predicted molar refractivity (Wildman–Crippen MR) is 71.6 cm³/mol. The fourth-order valence-corrected chi connectivity index (χ4v) is 1.82. The van der Waals surface area contributed by atoms with Gasteiger partial charge in [0, 0.05) is 12.7 Å². The number of hydrogen-bond acceptors (Lipinski definition) is 2. The summed E-state index contributed by atoms with van der Waals surface area (Å²) < 4.78 is 2.25. The molecule has 0 aliphatic heterocycles. The maximum absolute atomic E-state index is 11.9. The van der Waals surface area contributed by atoms with Crippen LogP contribution in [0.5, 0.6) is 0 Å². The van der Waals surface area contributed by atoms with Crippen molar-refractivity contribution in [1.29, 1.82) is 0 Å². The van der Waals surface area contributed by atoms with Crippen LogP contribution in [-0.2, 0) is 6.54 Å². The van der Waals surface area contributed by atoms with E-state index < -0.39 is 0 Å². The lowest BCUT2D eigenvalue weighted by atomic mass is 9.92. The zero-order valence-corrected chi connectivity index (χ0v) is 11.9. The summed E-state index contributed by atoms with van der Waals surface area (Å²) in [6.45, 7) is 9.01. The van der Waals surface area contributed by atoms with Crippen LogP contribution in [0.3, 0.4) is 0 Å². The molecule has 2 N–H and O–H groups in total. The molecule has 0 saturated heterocycles. The molecule has 0 aliphatic carbocycles. The molecule has 0 amide bonds. The van der Waals surface area contributed by atoms with E-state index in [0.29, 0.717) is 16.7 Å². The normalized spacial score (nSPS) is 11.8. The van der Waals surface area contributed by atoms with Crippen LogP contribution in [0.25, 0.3) is 0 Å². The van der Waals surface area contributed by atoms with Gasteiger partial charge in [-0.3, -0.25) is 4.79 Å². The van der Waals surface area contributed by atoms with Gasteiger partial charge in [-0.15, -0.1) is 0 Å². The van der Waals surface area contributed by atoms with E-state index in [1.165, 1.54) is 0 Å². The Morgan fingerprint density at radius 1 is 1.44 bits per heavy atom. The molecular weight excluding hydrogens is 268 g/mol. The molecule has 0 radical (unpaired) electrons. The number of rotatable bonds is 2. The smallest absolute Gasteiger partial charge is 0.265 e. The Morgan fingerprint density at radius 2 is 2.00 bits per heavy atom. The number of nitrogens with two attached hydrogens (primary N) is 1. The fraction of sp³-hybridized carbons (Fsp3) is 0.583. The standard InChI is InChI=1S/C12H19BrN2O/c1-8-9(14)7-15(11(16)10(8)13)6-5-12(2,3)4/h7H,5-6,14H2,1-4H3. The molecule has 0 aromatic carbocycles. The summed E-state index contributed by atoms with van der Waals surface area (Å²) in [4.78, 5) is 11.9. The van der Waals surface area contributed by atoms with E-state index in [9.17, 15) is 4.79 Å². The van der Waals surface area contributed by atoms with E-state index >= 15 is 0 Å². The molecular formula is C12H19BrN2O. The highest BCUT2D eigenvalue weighted by Gasteiger charge is 2.13. The molecule has 0 spiro atoms. The van der Waals surface area contributed by atoms with E-state index in [1.54, 1.807) is 10.8 Å². The van der Waals surface area contributed by atoms with Crippen molar-refractivity contribution in [3.8, 4) is 0 Å². The monoisotopic (exact) mass is 286 g/mol. The number of halogens is 1. The first-order valence-corrected chi connectivity index (χ1v) is 6.17. The Labute approximate surface area is 105 Å². The molecule has 0 unspecified atom stereocenters. The van der Waals surface area contributed by atoms with E-state index in [2.05, 4.69) is 36.7 Å². The Balaban J connectivity index is 3.03. The fourth-order valence-electron chi connectivity index (χ4n) is 1.36. The average Bonchev–Trinajstić information content (AvgIpc) is 2.17. The Bertz CT molecular complexity index is 444. The van der Waals surface area contributed by atoms with Gasteiger partial charge >= 0.3 is 0 Å². The Kier molecular flexibility index (Phi) is 3.84. The van der Waals surface area contributed by atoms with Crippen LogP contribution in [-0.4, -0.2) is 4.57 Å². The van der Waals surface area contributed by atoms with Gasteiger partial charge in [0.05, 0.1) is 10.2 Å². The van der Waals surface area contributed by atoms with Gasteiger partial charge in [0.15, 0.2) is 0 Å². The lowest BCUT2D eigenvalue weighted by Gasteiger charge is -2.19. The largest absolute Gasteiger partial charge is 0.397 e. The van der Waals surface area contributed by atoms with Gasteiger partial charge in [-0.05, 0) is 40.3 Å². The van der Waals surface area contributed by atoms with Crippen LogP contribution in [0.2, 0.25) is 0 Å². The third-order valence-corrected chi connectivity index (χ3v) is 3.54. The summed E-state index contributed by atoms with van der Waals surface area (Å²) in [7, 11) is 0.